The summed E-state index contributed by atoms with van der Waals surface area (Å²) in [6.07, 6.45) is 2.14. The normalized spacial score (nSPS) is 11.2. The van der Waals surface area contributed by atoms with Gasteiger partial charge in [0.05, 0.1) is 5.69 Å². The highest BCUT2D eigenvalue weighted by molar-refractivity contribution is 6.32. The minimum Gasteiger partial charge on any atom is -0.398 e. The van der Waals surface area contributed by atoms with Gasteiger partial charge in [0.15, 0.2) is 0 Å². The van der Waals surface area contributed by atoms with Crippen molar-refractivity contribution in [1.29, 1.82) is 0 Å². The number of fused-ring (bicyclic) bond motifs is 1. The number of nitrogens with two attached hydrogens (primary N) is 1. The maximum absolute atomic E-state index is 6.20. The Balaban J connectivity index is 2.42. The molecule has 4 heteroatoms. The summed E-state index contributed by atoms with van der Waals surface area (Å²) in [5, 5.41) is 1.06. The lowest BCUT2D eigenvalue weighted by Crippen LogP contribution is -2.09. The van der Waals surface area contributed by atoms with Gasteiger partial charge in [0, 0.05) is 23.0 Å². The lowest BCUT2D eigenvalue weighted by molar-refractivity contribution is 1.04. The molecular weight excluding hydrogens is 257 g/mol. The van der Waals surface area contributed by atoms with E-state index in [1.54, 1.807) is 0 Å². The van der Waals surface area contributed by atoms with Gasteiger partial charge in [-0.15, -0.1) is 0 Å². The number of hydrogen-bond acceptors (Lipinski definition) is 2. The fourth-order valence-electron chi connectivity index (χ4n) is 3.30. The van der Waals surface area contributed by atoms with Crippen LogP contribution in [-0.4, -0.2) is 17.4 Å². The van der Waals surface area contributed by atoms with E-state index in [-0.39, 0.29) is 0 Å². The number of rotatable bonds is 1. The summed E-state index contributed by atoms with van der Waals surface area (Å²) in [6.45, 7) is 8.37. The number of aromatic nitrogens is 2. The van der Waals surface area contributed by atoms with Crippen LogP contribution in [0.25, 0.3) is 16.7 Å². The van der Waals surface area contributed by atoms with E-state index in [1.165, 1.54) is 22.3 Å². The van der Waals surface area contributed by atoms with E-state index >= 15 is 0 Å². The number of benzene rings is 1. The second-order valence-electron chi connectivity index (χ2n) is 5.98. The molecule has 0 unspecified atom stereocenters. The molecule has 2 N–H and O–H groups in total. The standard InChI is InChI=1S/C17H20BN3/c1-9-5-13(18)6-10(2)16(9)21-8-11(3)15-14(19)7-12(4)20-17(15)21/h5-8H,18H2,1-4H3,(H2,19,20). The SMILES string of the molecule is Bc1cc(C)c(-n2cc(C)c3c(N)cc(C)nc32)c(C)c1. The zero-order valence-corrected chi connectivity index (χ0v) is 13.3. The molecule has 0 atom stereocenters. The Labute approximate surface area is 126 Å². The summed E-state index contributed by atoms with van der Waals surface area (Å²) < 4.78 is 2.18. The lowest BCUT2D eigenvalue weighted by Gasteiger charge is -2.14. The van der Waals surface area contributed by atoms with Crippen molar-refractivity contribution in [1.82, 2.24) is 9.55 Å². The Morgan fingerprint density at radius 1 is 1.00 bits per heavy atom. The number of pyridine rings is 1. The average Bonchev–Trinajstić information content (AvgIpc) is 2.65. The molecule has 0 saturated heterocycles. The van der Waals surface area contributed by atoms with E-state index in [2.05, 4.69) is 51.5 Å². The third kappa shape index (κ3) is 2.11. The molecule has 2 heterocycles. The van der Waals surface area contributed by atoms with E-state index in [0.29, 0.717) is 0 Å². The monoisotopic (exact) mass is 277 g/mol. The van der Waals surface area contributed by atoms with Crippen molar-refractivity contribution in [2.45, 2.75) is 27.7 Å². The first-order valence-corrected chi connectivity index (χ1v) is 7.21. The number of anilines is 1. The predicted molar refractivity (Wildman–Crippen MR) is 92.6 cm³/mol. The molecule has 0 radical (unpaired) electrons. The minimum absolute atomic E-state index is 0.802. The molecule has 106 valence electrons. The molecule has 21 heavy (non-hydrogen) atoms. The topological polar surface area (TPSA) is 43.8 Å². The van der Waals surface area contributed by atoms with Crippen molar-refractivity contribution in [3.05, 3.63) is 46.8 Å². The quantitative estimate of drug-likeness (QED) is 0.692. The highest BCUT2D eigenvalue weighted by Crippen LogP contribution is 2.30. The molecule has 0 aliphatic heterocycles. The van der Waals surface area contributed by atoms with E-state index < -0.39 is 0 Å². The van der Waals surface area contributed by atoms with Crippen LogP contribution in [0.3, 0.4) is 0 Å². The third-order valence-electron chi connectivity index (χ3n) is 3.98. The molecule has 0 aliphatic rings. The number of aryl methyl sites for hydroxylation is 4. The van der Waals surface area contributed by atoms with Crippen molar-refractivity contribution in [3.63, 3.8) is 0 Å². The van der Waals surface area contributed by atoms with Crippen LogP contribution < -0.4 is 11.2 Å². The molecule has 0 fully saturated rings. The van der Waals surface area contributed by atoms with Crippen molar-refractivity contribution in [2.24, 2.45) is 0 Å². The van der Waals surface area contributed by atoms with Crippen molar-refractivity contribution in [2.75, 3.05) is 5.73 Å². The van der Waals surface area contributed by atoms with Crippen LogP contribution in [0.1, 0.15) is 22.4 Å². The van der Waals surface area contributed by atoms with Crippen LogP contribution in [0.15, 0.2) is 24.4 Å². The third-order valence-corrected chi connectivity index (χ3v) is 3.98. The zero-order valence-electron chi connectivity index (χ0n) is 13.3. The molecule has 3 aromatic rings. The van der Waals surface area contributed by atoms with Gasteiger partial charge in [0.2, 0.25) is 0 Å². The van der Waals surface area contributed by atoms with E-state index in [4.69, 9.17) is 10.7 Å². The highest BCUT2D eigenvalue weighted by Gasteiger charge is 2.15. The van der Waals surface area contributed by atoms with Crippen LogP contribution in [0, 0.1) is 27.7 Å². The van der Waals surface area contributed by atoms with Gasteiger partial charge in [-0.05, 0) is 50.5 Å². The van der Waals surface area contributed by atoms with Crippen molar-refractivity contribution < 1.29 is 0 Å². The summed E-state index contributed by atoms with van der Waals surface area (Å²) in [7, 11) is 2.13. The van der Waals surface area contributed by atoms with Crippen LogP contribution in [0.5, 0.6) is 0 Å². The van der Waals surface area contributed by atoms with Crippen LogP contribution in [0.4, 0.5) is 5.69 Å². The Bertz CT molecular complexity index is 839. The molecular formula is C17H20BN3. The summed E-state index contributed by atoms with van der Waals surface area (Å²) in [5.41, 5.74) is 15.0. The Morgan fingerprint density at radius 2 is 1.62 bits per heavy atom. The fraction of sp³-hybridized carbons (Fsp3) is 0.235. The zero-order chi connectivity index (χ0) is 15.3. The first kappa shape index (κ1) is 13.7. The molecule has 3 rings (SSSR count). The minimum atomic E-state index is 0.802. The molecule has 0 spiro atoms. The van der Waals surface area contributed by atoms with Gasteiger partial charge in [-0.25, -0.2) is 4.98 Å². The van der Waals surface area contributed by atoms with Gasteiger partial charge in [-0.2, -0.15) is 0 Å². The largest absolute Gasteiger partial charge is 0.398 e. The highest BCUT2D eigenvalue weighted by atomic mass is 15.0. The van der Waals surface area contributed by atoms with Gasteiger partial charge in [0.25, 0.3) is 0 Å². The maximum Gasteiger partial charge on any atom is 0.147 e. The summed E-state index contributed by atoms with van der Waals surface area (Å²) in [6, 6.07) is 6.36. The van der Waals surface area contributed by atoms with Gasteiger partial charge < -0.3 is 10.3 Å². The number of hydrogen-bond donors (Lipinski definition) is 1. The molecule has 0 bridgehead atoms. The Hall–Kier alpha value is -2.23. The average molecular weight is 277 g/mol. The van der Waals surface area contributed by atoms with Crippen LogP contribution in [0.2, 0.25) is 0 Å². The maximum atomic E-state index is 6.20. The predicted octanol–water partition coefficient (Wildman–Crippen LogP) is 2.10. The molecule has 2 aromatic heterocycles. The Morgan fingerprint density at radius 3 is 2.24 bits per heavy atom. The fourth-order valence-corrected chi connectivity index (χ4v) is 3.30. The summed E-state index contributed by atoms with van der Waals surface area (Å²) in [4.78, 5) is 4.72. The first-order valence-electron chi connectivity index (χ1n) is 7.21. The van der Waals surface area contributed by atoms with Gasteiger partial charge in [0.1, 0.15) is 13.5 Å². The number of nitrogen functional groups attached to an aromatic ring is 1. The molecule has 1 aromatic carbocycles. The van der Waals surface area contributed by atoms with Gasteiger partial charge in [-0.3, -0.25) is 0 Å². The molecule has 0 aliphatic carbocycles. The van der Waals surface area contributed by atoms with Crippen molar-refractivity contribution >= 4 is 30.0 Å². The van der Waals surface area contributed by atoms with E-state index in [9.17, 15) is 0 Å². The lowest BCUT2D eigenvalue weighted by atomic mass is 9.91. The van der Waals surface area contributed by atoms with Gasteiger partial charge in [-0.1, -0.05) is 17.6 Å². The van der Waals surface area contributed by atoms with Crippen molar-refractivity contribution in [3.8, 4) is 5.69 Å². The molecule has 0 saturated carbocycles. The van der Waals surface area contributed by atoms with E-state index in [1.807, 2.05) is 13.0 Å². The summed E-state index contributed by atoms with van der Waals surface area (Å²) in [5.74, 6) is 0. The number of nitrogens with zero attached hydrogens (tertiary/aromatic N) is 2. The first-order chi connectivity index (χ1) is 9.88. The second-order valence-corrected chi connectivity index (χ2v) is 5.98. The van der Waals surface area contributed by atoms with Gasteiger partial charge >= 0.3 is 0 Å². The van der Waals surface area contributed by atoms with Crippen LogP contribution >= 0.6 is 0 Å². The second kappa shape index (κ2) is 4.66. The van der Waals surface area contributed by atoms with Crippen LogP contribution in [-0.2, 0) is 0 Å². The summed E-state index contributed by atoms with van der Waals surface area (Å²) >= 11 is 0. The van der Waals surface area contributed by atoms with E-state index in [0.717, 1.165) is 28.0 Å². The smallest absolute Gasteiger partial charge is 0.147 e. The molecule has 3 nitrogen and oxygen atoms in total. The Kier molecular flexibility index (Phi) is 3.05. The molecule has 0 amide bonds.